The smallest absolute Gasteiger partial charge is 0.269 e. The topological polar surface area (TPSA) is 0 Å². The van der Waals surface area contributed by atoms with Gasteiger partial charge in [0.05, 0.1) is 0 Å². The predicted molar refractivity (Wildman–Crippen MR) is 99.2 cm³/mol. The minimum absolute atomic E-state index is 0. The first kappa shape index (κ1) is 24.7. The van der Waals surface area contributed by atoms with Crippen molar-refractivity contribution in [2.24, 2.45) is 11.8 Å². The third-order valence-electron chi connectivity index (χ3n) is 5.53. The number of halogens is 2. The average molecular weight is 426 g/mol. The van der Waals surface area contributed by atoms with Crippen molar-refractivity contribution in [3.8, 4) is 0 Å². The van der Waals surface area contributed by atoms with E-state index in [2.05, 4.69) is 36.5 Å². The molecule has 0 saturated heterocycles. The molecule has 0 bridgehead atoms. The number of allylic oxidation sites excluding steroid dienone is 8. The van der Waals surface area contributed by atoms with Crippen LogP contribution in [0.5, 0.6) is 0 Å². The molecule has 0 atom stereocenters. The van der Waals surface area contributed by atoms with E-state index in [0.717, 1.165) is 24.7 Å². The number of hydrogen-bond acceptors (Lipinski definition) is 0. The van der Waals surface area contributed by atoms with Crippen molar-refractivity contribution in [2.45, 2.75) is 77.0 Å². The molecular weight excluding hydrogens is 393 g/mol. The molecule has 0 aliphatic heterocycles. The van der Waals surface area contributed by atoms with Gasteiger partial charge in [-0.1, -0.05) is 38.5 Å². The molecule has 25 heavy (non-hydrogen) atoms. The van der Waals surface area contributed by atoms with Gasteiger partial charge < -0.3 is 0 Å². The van der Waals surface area contributed by atoms with Crippen LogP contribution in [-0.2, 0) is 26.2 Å². The molecule has 0 radical (unpaired) electrons. The Kier molecular flexibility index (Phi) is 13.7. The number of hydrogen-bond donors (Lipinski definition) is 0. The van der Waals surface area contributed by atoms with Gasteiger partial charge in [0, 0.05) is 0 Å². The van der Waals surface area contributed by atoms with Gasteiger partial charge in [0.15, 0.2) is 0 Å². The molecule has 0 aromatic carbocycles. The predicted octanol–water partition coefficient (Wildman–Crippen LogP) is 6.81. The minimum Gasteiger partial charge on any atom is -0.269 e. The van der Waals surface area contributed by atoms with Crippen LogP contribution in [0.4, 0.5) is 9.41 Å². The molecule has 4 rings (SSSR count). The molecule has 0 amide bonds. The first-order chi connectivity index (χ1) is 10.9. The van der Waals surface area contributed by atoms with Crippen LogP contribution in [0, 0.1) is 24.0 Å². The summed E-state index contributed by atoms with van der Waals surface area (Å²) in [5.41, 5.74) is 3.01. The van der Waals surface area contributed by atoms with E-state index in [-0.39, 0.29) is 35.6 Å². The first-order valence-corrected chi connectivity index (χ1v) is 9.48. The Hall–Kier alpha value is -0.297. The van der Waals surface area contributed by atoms with Crippen LogP contribution in [0.15, 0.2) is 35.5 Å². The molecule has 2 fully saturated rings. The molecule has 0 aromatic rings. The van der Waals surface area contributed by atoms with Crippen molar-refractivity contribution in [1.82, 2.24) is 0 Å². The van der Waals surface area contributed by atoms with Gasteiger partial charge >= 0.3 is 26.2 Å². The fraction of sp³-hybridized carbons (Fsp3) is 0.636. The Morgan fingerprint density at radius 1 is 0.600 bits per heavy atom. The van der Waals surface area contributed by atoms with E-state index in [0.29, 0.717) is 0 Å². The molecule has 3 heteroatoms. The zero-order chi connectivity index (χ0) is 15.0. The van der Waals surface area contributed by atoms with Crippen molar-refractivity contribution in [2.75, 3.05) is 0 Å². The zero-order valence-electron chi connectivity index (χ0n) is 15.3. The summed E-state index contributed by atoms with van der Waals surface area (Å²) in [6, 6.07) is 0. The monoisotopic (exact) mass is 424 g/mol. The van der Waals surface area contributed by atoms with E-state index in [1.807, 2.05) is 0 Å². The van der Waals surface area contributed by atoms with Crippen molar-refractivity contribution >= 4 is 0 Å². The molecule has 0 heterocycles. The maximum atomic E-state index is 3.43. The van der Waals surface area contributed by atoms with Gasteiger partial charge in [-0.25, -0.2) is 23.3 Å². The van der Waals surface area contributed by atoms with Gasteiger partial charge in [0.25, 0.3) is 0 Å². The Morgan fingerprint density at radius 2 is 0.960 bits per heavy atom. The molecular formula is C22H32F2Zr. The summed E-state index contributed by atoms with van der Waals surface area (Å²) in [4.78, 5) is 0. The summed E-state index contributed by atoms with van der Waals surface area (Å²) in [6.07, 6.45) is 32.3. The summed E-state index contributed by atoms with van der Waals surface area (Å²) in [5.74, 6) is 1.73. The van der Waals surface area contributed by atoms with Gasteiger partial charge in [0.2, 0.25) is 0 Å². The van der Waals surface area contributed by atoms with Crippen molar-refractivity contribution in [1.29, 1.82) is 0 Å². The standard InChI is InChI=1S/2C11H15.2FH.Zr/c2*1-2-6-10(7-3-1)11-8-4-5-9-11;;;/h2*4,8,10H,1-3,5-7H2;2*1H;/q2*-1;;;+2. The van der Waals surface area contributed by atoms with Crippen LogP contribution in [-0.4, -0.2) is 0 Å². The molecule has 0 nitrogen and oxygen atoms in total. The van der Waals surface area contributed by atoms with Gasteiger partial charge in [-0.2, -0.15) is 12.2 Å². The molecule has 4 aliphatic carbocycles. The van der Waals surface area contributed by atoms with Crippen molar-refractivity contribution in [3.63, 3.8) is 0 Å². The van der Waals surface area contributed by atoms with Crippen LogP contribution in [0.2, 0.25) is 0 Å². The number of rotatable bonds is 2. The van der Waals surface area contributed by atoms with Crippen LogP contribution in [0.3, 0.4) is 0 Å². The van der Waals surface area contributed by atoms with Gasteiger partial charge in [-0.05, 0) is 37.5 Å². The van der Waals surface area contributed by atoms with Crippen molar-refractivity contribution in [3.05, 3.63) is 47.6 Å². The third kappa shape index (κ3) is 7.85. The van der Waals surface area contributed by atoms with E-state index in [9.17, 15) is 0 Å². The van der Waals surface area contributed by atoms with E-state index in [1.165, 1.54) is 75.4 Å². The SMILES string of the molecule is F.F.[C-]1=C(C2CCCCC2)C=CC1.[C-]1=C(C2CCCCC2)C=CC1.[Zr+2]. The molecule has 138 valence electrons. The molecule has 2 saturated carbocycles. The van der Waals surface area contributed by atoms with Gasteiger partial charge in [0.1, 0.15) is 0 Å². The fourth-order valence-electron chi connectivity index (χ4n) is 4.23. The van der Waals surface area contributed by atoms with Crippen LogP contribution < -0.4 is 0 Å². The maximum Gasteiger partial charge on any atom is 2.00 e. The summed E-state index contributed by atoms with van der Waals surface area (Å²) < 4.78 is 0. The Labute approximate surface area is 171 Å². The summed E-state index contributed by atoms with van der Waals surface area (Å²) >= 11 is 0. The van der Waals surface area contributed by atoms with Gasteiger partial charge in [-0.3, -0.25) is 21.6 Å². The average Bonchev–Trinajstić information content (AvgIpc) is 3.31. The molecule has 4 aliphatic rings. The second-order valence-electron chi connectivity index (χ2n) is 7.15. The minimum atomic E-state index is 0. The van der Waals surface area contributed by atoms with Crippen LogP contribution >= 0.6 is 0 Å². The zero-order valence-corrected chi connectivity index (χ0v) is 17.7. The quantitative estimate of drug-likeness (QED) is 0.426. The molecule has 0 N–H and O–H groups in total. The van der Waals surface area contributed by atoms with E-state index in [4.69, 9.17) is 0 Å². The second-order valence-corrected chi connectivity index (χ2v) is 7.15. The van der Waals surface area contributed by atoms with Crippen molar-refractivity contribution < 1.29 is 35.6 Å². The Balaban J connectivity index is 0.000000411. The summed E-state index contributed by atoms with van der Waals surface area (Å²) in [6.45, 7) is 0. The third-order valence-corrected chi connectivity index (χ3v) is 5.53. The van der Waals surface area contributed by atoms with E-state index < -0.39 is 0 Å². The first-order valence-electron chi connectivity index (χ1n) is 9.48. The fourth-order valence-corrected chi connectivity index (χ4v) is 4.23. The molecule has 0 aromatic heterocycles. The van der Waals surface area contributed by atoms with E-state index in [1.54, 1.807) is 0 Å². The van der Waals surface area contributed by atoms with Gasteiger partial charge in [-0.15, -0.1) is 12.8 Å². The maximum absolute atomic E-state index is 3.43. The second kappa shape index (κ2) is 13.8. The van der Waals surface area contributed by atoms with E-state index >= 15 is 0 Å². The Bertz CT molecular complexity index is 420. The van der Waals surface area contributed by atoms with Crippen LogP contribution in [0.1, 0.15) is 77.0 Å². The molecule has 0 spiro atoms. The largest absolute Gasteiger partial charge is 2.00 e. The van der Waals surface area contributed by atoms with Crippen LogP contribution in [0.25, 0.3) is 0 Å². The Morgan fingerprint density at radius 3 is 1.24 bits per heavy atom. The summed E-state index contributed by atoms with van der Waals surface area (Å²) in [7, 11) is 0. The summed E-state index contributed by atoms with van der Waals surface area (Å²) in [5, 5.41) is 0. The molecule has 0 unspecified atom stereocenters. The normalized spacial score (nSPS) is 22.6.